The highest BCUT2D eigenvalue weighted by atomic mass is 35.5. The summed E-state index contributed by atoms with van der Waals surface area (Å²) in [6, 6.07) is 9.09. The molecule has 36 heavy (non-hydrogen) atoms. The fourth-order valence-corrected chi connectivity index (χ4v) is 5.49. The van der Waals surface area contributed by atoms with Gasteiger partial charge in [-0.1, -0.05) is 18.5 Å². The van der Waals surface area contributed by atoms with Gasteiger partial charge < -0.3 is 24.8 Å². The Morgan fingerprint density at radius 2 is 1.81 bits per heavy atom. The van der Waals surface area contributed by atoms with E-state index < -0.39 is 0 Å². The Morgan fingerprint density at radius 3 is 2.50 bits per heavy atom. The summed E-state index contributed by atoms with van der Waals surface area (Å²) in [4.78, 5) is 20.3. The van der Waals surface area contributed by atoms with Gasteiger partial charge >= 0.3 is 0 Å². The molecule has 2 aliphatic rings. The number of nitrogens with one attached hydrogen (secondary N) is 2. The molecule has 0 atom stereocenters. The average molecular weight is 512 g/mol. The number of nitrogens with zero attached hydrogens (tertiary/aromatic N) is 5. The molecule has 9 heteroatoms. The highest BCUT2D eigenvalue weighted by Gasteiger charge is 2.22. The van der Waals surface area contributed by atoms with Crippen LogP contribution in [0.25, 0.3) is 22.6 Å². The molecule has 2 fully saturated rings. The number of methoxy groups -OCH3 is 1. The minimum absolute atomic E-state index is 0.399. The summed E-state index contributed by atoms with van der Waals surface area (Å²) in [5.41, 5.74) is 4.77. The van der Waals surface area contributed by atoms with Crippen molar-refractivity contribution in [3.05, 3.63) is 35.5 Å². The quantitative estimate of drug-likeness (QED) is 0.414. The molecule has 2 aliphatic heterocycles. The van der Waals surface area contributed by atoms with Crippen molar-refractivity contribution < 1.29 is 4.74 Å². The van der Waals surface area contributed by atoms with Gasteiger partial charge in [0.25, 0.3) is 0 Å². The topological polar surface area (TPSA) is 72.6 Å². The molecule has 0 aliphatic carbocycles. The molecule has 5 rings (SSSR count). The first kappa shape index (κ1) is 25.3. The van der Waals surface area contributed by atoms with E-state index in [4.69, 9.17) is 21.3 Å². The molecular formula is C27H38ClN7O. The van der Waals surface area contributed by atoms with Crippen molar-refractivity contribution in [2.75, 3.05) is 76.3 Å². The summed E-state index contributed by atoms with van der Waals surface area (Å²) in [5.74, 6) is 0.818. The lowest BCUT2D eigenvalue weighted by molar-refractivity contribution is 0.169. The van der Waals surface area contributed by atoms with Crippen LogP contribution in [-0.2, 0) is 4.74 Å². The summed E-state index contributed by atoms with van der Waals surface area (Å²) in [6.07, 6.45) is 5.02. The number of hydrogen-bond acceptors (Lipinski definition) is 7. The maximum atomic E-state index is 6.58. The van der Waals surface area contributed by atoms with Crippen molar-refractivity contribution in [3.63, 3.8) is 0 Å². The zero-order chi connectivity index (χ0) is 24.9. The molecule has 2 N–H and O–H groups in total. The second kappa shape index (κ2) is 11.8. The lowest BCUT2D eigenvalue weighted by atomic mass is 10.0. The lowest BCUT2D eigenvalue weighted by Crippen LogP contribution is -2.46. The second-order valence-electron chi connectivity index (χ2n) is 9.84. The number of rotatable bonds is 9. The van der Waals surface area contributed by atoms with E-state index in [1.165, 1.54) is 5.69 Å². The Labute approximate surface area is 219 Å². The largest absolute Gasteiger partial charge is 0.385 e. The van der Waals surface area contributed by atoms with Crippen molar-refractivity contribution >= 4 is 34.1 Å². The Hall–Kier alpha value is -2.39. The summed E-state index contributed by atoms with van der Waals surface area (Å²) in [5, 5.41) is 4.30. The van der Waals surface area contributed by atoms with Crippen LogP contribution >= 0.6 is 11.6 Å². The zero-order valence-electron chi connectivity index (χ0n) is 21.5. The van der Waals surface area contributed by atoms with E-state index in [1.54, 1.807) is 13.3 Å². The van der Waals surface area contributed by atoms with Crippen LogP contribution in [0.5, 0.6) is 0 Å². The predicted molar refractivity (Wildman–Crippen MR) is 148 cm³/mol. The maximum Gasteiger partial charge on any atom is 0.159 e. The molecule has 0 saturated carbocycles. The van der Waals surface area contributed by atoms with Crippen LogP contribution < -0.4 is 10.2 Å². The van der Waals surface area contributed by atoms with Crippen LogP contribution in [0.4, 0.5) is 11.4 Å². The SMILES string of the molecule is CCN1CCC(Nc2c(Cl)cnc3[nH]c(-c4ccc(N5CCN(CCCOC)CC5)cc4)nc23)CC1. The molecule has 0 unspecified atom stereocenters. The second-order valence-corrected chi connectivity index (χ2v) is 10.2. The number of anilines is 2. The Balaban J connectivity index is 1.26. The number of fused-ring (bicyclic) bond motifs is 1. The highest BCUT2D eigenvalue weighted by molar-refractivity contribution is 6.34. The standard InChI is InChI=1S/C27H38ClN7O/c1-3-33-12-9-21(10-13-33)30-24-23(28)19-29-27-25(24)31-26(32-27)20-5-7-22(8-6-20)35-16-14-34(15-17-35)11-4-18-36-2/h5-8,19,21H,3-4,9-18H2,1-2H3,(H2,29,30,31,32). The number of H-pyrrole nitrogens is 1. The summed E-state index contributed by atoms with van der Waals surface area (Å²) >= 11 is 6.58. The van der Waals surface area contributed by atoms with E-state index in [0.29, 0.717) is 11.1 Å². The molecular weight excluding hydrogens is 474 g/mol. The molecule has 2 aromatic heterocycles. The minimum Gasteiger partial charge on any atom is -0.385 e. The van der Waals surface area contributed by atoms with Crippen molar-refractivity contribution in [2.45, 2.75) is 32.2 Å². The van der Waals surface area contributed by atoms with Gasteiger partial charge in [-0.2, -0.15) is 0 Å². The zero-order valence-corrected chi connectivity index (χ0v) is 22.2. The van der Waals surface area contributed by atoms with Crippen LogP contribution in [0.15, 0.2) is 30.5 Å². The number of piperazine rings is 1. The normalized spacial score (nSPS) is 18.2. The number of piperidine rings is 1. The van der Waals surface area contributed by atoms with Gasteiger partial charge in [0, 0.05) is 76.8 Å². The summed E-state index contributed by atoms with van der Waals surface area (Å²) in [7, 11) is 1.77. The van der Waals surface area contributed by atoms with Gasteiger partial charge in [0.15, 0.2) is 5.65 Å². The molecule has 4 heterocycles. The average Bonchev–Trinajstić information content (AvgIpc) is 3.36. The molecule has 0 radical (unpaired) electrons. The van der Waals surface area contributed by atoms with Crippen LogP contribution in [-0.4, -0.2) is 96.9 Å². The number of pyridine rings is 1. The van der Waals surface area contributed by atoms with Gasteiger partial charge in [-0.15, -0.1) is 0 Å². The first-order valence-electron chi connectivity index (χ1n) is 13.2. The number of aromatic amines is 1. The molecule has 3 aromatic rings. The monoisotopic (exact) mass is 511 g/mol. The minimum atomic E-state index is 0.399. The highest BCUT2D eigenvalue weighted by Crippen LogP contribution is 2.32. The van der Waals surface area contributed by atoms with E-state index in [-0.39, 0.29) is 0 Å². The fourth-order valence-electron chi connectivity index (χ4n) is 5.29. The van der Waals surface area contributed by atoms with Gasteiger partial charge in [0.2, 0.25) is 0 Å². The number of imidazole rings is 1. The number of ether oxygens (including phenoxy) is 1. The first-order valence-corrected chi connectivity index (χ1v) is 13.6. The number of likely N-dealkylation sites (tertiary alicyclic amines) is 1. The number of hydrogen-bond donors (Lipinski definition) is 2. The third kappa shape index (κ3) is 5.78. The number of benzene rings is 1. The fraction of sp³-hybridized carbons (Fsp3) is 0.556. The van der Waals surface area contributed by atoms with Crippen LogP contribution in [0.3, 0.4) is 0 Å². The molecule has 0 spiro atoms. The summed E-state index contributed by atoms with van der Waals surface area (Å²) in [6.45, 7) is 11.8. The molecule has 8 nitrogen and oxygen atoms in total. The van der Waals surface area contributed by atoms with Crippen LogP contribution in [0, 0.1) is 0 Å². The molecule has 2 saturated heterocycles. The number of aromatic nitrogens is 3. The van der Waals surface area contributed by atoms with E-state index >= 15 is 0 Å². The smallest absolute Gasteiger partial charge is 0.159 e. The van der Waals surface area contributed by atoms with E-state index in [0.717, 1.165) is 106 Å². The van der Waals surface area contributed by atoms with Gasteiger partial charge in [-0.25, -0.2) is 9.97 Å². The lowest BCUT2D eigenvalue weighted by Gasteiger charge is -2.36. The number of halogens is 1. The van der Waals surface area contributed by atoms with Gasteiger partial charge in [-0.3, -0.25) is 4.90 Å². The van der Waals surface area contributed by atoms with Crippen molar-refractivity contribution in [3.8, 4) is 11.4 Å². The van der Waals surface area contributed by atoms with E-state index in [2.05, 4.69) is 61.2 Å². The third-order valence-electron chi connectivity index (χ3n) is 7.55. The summed E-state index contributed by atoms with van der Waals surface area (Å²) < 4.78 is 5.18. The van der Waals surface area contributed by atoms with E-state index in [1.807, 2.05) is 0 Å². The van der Waals surface area contributed by atoms with Gasteiger partial charge in [0.05, 0.1) is 16.9 Å². The van der Waals surface area contributed by atoms with Crippen LogP contribution in [0.1, 0.15) is 26.2 Å². The Bertz CT molecular complexity index is 1120. The first-order chi connectivity index (χ1) is 17.6. The molecule has 0 bridgehead atoms. The molecule has 194 valence electrons. The van der Waals surface area contributed by atoms with Gasteiger partial charge in [0.1, 0.15) is 11.3 Å². The maximum absolute atomic E-state index is 6.58. The molecule has 1 aromatic carbocycles. The van der Waals surface area contributed by atoms with Gasteiger partial charge in [-0.05, 0) is 50.1 Å². The van der Waals surface area contributed by atoms with Crippen molar-refractivity contribution in [1.82, 2.24) is 24.8 Å². The third-order valence-corrected chi connectivity index (χ3v) is 7.84. The molecule has 0 amide bonds. The van der Waals surface area contributed by atoms with Crippen molar-refractivity contribution in [1.29, 1.82) is 0 Å². The predicted octanol–water partition coefficient (Wildman–Crippen LogP) is 4.33. The van der Waals surface area contributed by atoms with E-state index in [9.17, 15) is 0 Å². The Kier molecular flexibility index (Phi) is 8.26. The van der Waals surface area contributed by atoms with Crippen LogP contribution in [0.2, 0.25) is 5.02 Å². The Morgan fingerprint density at radius 1 is 1.06 bits per heavy atom. The van der Waals surface area contributed by atoms with Crippen molar-refractivity contribution in [2.24, 2.45) is 0 Å².